The van der Waals surface area contributed by atoms with Crippen molar-refractivity contribution in [2.45, 2.75) is 6.54 Å². The third kappa shape index (κ3) is 2.26. The first-order valence-corrected chi connectivity index (χ1v) is 6.48. The molecule has 1 aromatic heterocycles. The molecule has 0 radical (unpaired) electrons. The maximum absolute atomic E-state index is 12.5. The molecular weight excluding hydrogens is 248 g/mol. The molecule has 0 fully saturated rings. The molecule has 0 aliphatic rings. The van der Waals surface area contributed by atoms with E-state index in [4.69, 9.17) is 0 Å². The Labute approximate surface area is 117 Å². The lowest BCUT2D eigenvalue weighted by Gasteiger charge is -2.04. The standard InChI is InChI=1S/C17H15N2O/c1-2-18-10-11-19(13-18)12-17(20)16-9-5-7-14-6-3-4-8-15(14)16/h2-11,13H,1,12H2/q+1. The fourth-order valence-corrected chi connectivity index (χ4v) is 2.33. The highest BCUT2D eigenvalue weighted by atomic mass is 16.1. The quantitative estimate of drug-likeness (QED) is 0.525. The third-order valence-corrected chi connectivity index (χ3v) is 3.34. The van der Waals surface area contributed by atoms with Gasteiger partial charge < -0.3 is 0 Å². The molecule has 3 rings (SSSR count). The Kier molecular flexibility index (Phi) is 3.17. The van der Waals surface area contributed by atoms with Gasteiger partial charge in [0, 0.05) is 5.56 Å². The summed E-state index contributed by atoms with van der Waals surface area (Å²) in [5.74, 6) is 0.105. The molecule has 0 N–H and O–H groups in total. The molecule has 0 aliphatic carbocycles. The van der Waals surface area contributed by atoms with Gasteiger partial charge >= 0.3 is 0 Å². The van der Waals surface area contributed by atoms with Gasteiger partial charge in [0.1, 0.15) is 12.4 Å². The molecule has 3 aromatic rings. The van der Waals surface area contributed by atoms with Crippen LogP contribution in [0.1, 0.15) is 10.4 Å². The number of nitrogens with zero attached hydrogens (tertiary/aromatic N) is 2. The molecule has 0 unspecified atom stereocenters. The van der Waals surface area contributed by atoms with E-state index in [0.717, 1.165) is 16.3 Å². The summed E-state index contributed by atoms with van der Waals surface area (Å²) < 4.78 is 3.67. The molecule has 0 atom stereocenters. The molecule has 0 saturated carbocycles. The number of hydrogen-bond donors (Lipinski definition) is 0. The molecule has 98 valence electrons. The monoisotopic (exact) mass is 263 g/mol. The van der Waals surface area contributed by atoms with Crippen molar-refractivity contribution in [3.8, 4) is 0 Å². The molecule has 20 heavy (non-hydrogen) atoms. The number of fused-ring (bicyclic) bond motifs is 1. The summed E-state index contributed by atoms with van der Waals surface area (Å²) in [4.78, 5) is 12.5. The average molecular weight is 263 g/mol. The van der Waals surface area contributed by atoms with Crippen molar-refractivity contribution in [2.24, 2.45) is 0 Å². The first-order chi connectivity index (χ1) is 9.78. The Morgan fingerprint density at radius 3 is 2.80 bits per heavy atom. The summed E-state index contributed by atoms with van der Waals surface area (Å²) in [6, 6.07) is 13.8. The summed E-state index contributed by atoms with van der Waals surface area (Å²) in [7, 11) is 0. The van der Waals surface area contributed by atoms with Gasteiger partial charge in [0.15, 0.2) is 6.54 Å². The minimum atomic E-state index is 0.105. The molecule has 0 spiro atoms. The van der Waals surface area contributed by atoms with Crippen molar-refractivity contribution in [2.75, 3.05) is 0 Å². The van der Waals surface area contributed by atoms with Crippen LogP contribution in [-0.4, -0.2) is 10.4 Å². The number of rotatable bonds is 4. The summed E-state index contributed by atoms with van der Waals surface area (Å²) in [6.07, 6.45) is 7.27. The van der Waals surface area contributed by atoms with Gasteiger partial charge in [-0.3, -0.25) is 4.79 Å². The number of aromatic nitrogens is 2. The number of hydrogen-bond acceptors (Lipinski definition) is 1. The van der Waals surface area contributed by atoms with Crippen LogP contribution in [0.5, 0.6) is 0 Å². The Hall–Kier alpha value is -2.68. The maximum atomic E-state index is 12.5. The van der Waals surface area contributed by atoms with Crippen LogP contribution in [0.15, 0.2) is 67.8 Å². The molecule has 2 aromatic carbocycles. The fraction of sp³-hybridized carbons (Fsp3) is 0.0588. The normalized spacial score (nSPS) is 10.6. The summed E-state index contributed by atoms with van der Waals surface area (Å²) in [5.41, 5.74) is 0.766. The van der Waals surface area contributed by atoms with Crippen molar-refractivity contribution < 1.29 is 9.36 Å². The van der Waals surface area contributed by atoms with Crippen molar-refractivity contribution in [1.29, 1.82) is 0 Å². The van der Waals surface area contributed by atoms with Gasteiger partial charge in [-0.25, -0.2) is 9.13 Å². The van der Waals surface area contributed by atoms with Crippen molar-refractivity contribution in [1.82, 2.24) is 4.57 Å². The highest BCUT2D eigenvalue weighted by Crippen LogP contribution is 2.18. The molecular formula is C17H15N2O+. The maximum Gasteiger partial charge on any atom is 0.248 e. The first-order valence-electron chi connectivity index (χ1n) is 6.48. The van der Waals surface area contributed by atoms with E-state index >= 15 is 0 Å². The van der Waals surface area contributed by atoms with Crippen LogP contribution >= 0.6 is 0 Å². The third-order valence-electron chi connectivity index (χ3n) is 3.34. The summed E-state index contributed by atoms with van der Waals surface area (Å²) in [5, 5.41) is 2.09. The molecule has 0 aliphatic heterocycles. The zero-order valence-electron chi connectivity index (χ0n) is 11.1. The second-order valence-electron chi connectivity index (χ2n) is 4.67. The minimum absolute atomic E-state index is 0.105. The van der Waals surface area contributed by atoms with Gasteiger partial charge in [-0.15, -0.1) is 0 Å². The SMILES string of the molecule is C=Cn1cc[n+](CC(=O)c2cccc3ccccc23)c1. The topological polar surface area (TPSA) is 25.9 Å². The molecule has 3 heteroatoms. The molecule has 1 heterocycles. The van der Waals surface area contributed by atoms with Gasteiger partial charge in [-0.05, 0) is 10.8 Å². The zero-order chi connectivity index (χ0) is 13.9. The van der Waals surface area contributed by atoms with Gasteiger partial charge in [0.25, 0.3) is 0 Å². The minimum Gasteiger partial charge on any atom is -0.290 e. The first kappa shape index (κ1) is 12.4. The Bertz CT molecular complexity index is 781. The van der Waals surface area contributed by atoms with Gasteiger partial charge in [-0.1, -0.05) is 49.0 Å². The van der Waals surface area contributed by atoms with E-state index in [1.165, 1.54) is 0 Å². The van der Waals surface area contributed by atoms with E-state index in [1.807, 2.05) is 70.3 Å². The number of imidazole rings is 1. The number of benzene rings is 2. The van der Waals surface area contributed by atoms with Crippen LogP contribution in [0, 0.1) is 0 Å². The molecule has 3 nitrogen and oxygen atoms in total. The molecule has 0 bridgehead atoms. The van der Waals surface area contributed by atoms with Crippen LogP contribution in [0.2, 0.25) is 0 Å². The fourth-order valence-electron chi connectivity index (χ4n) is 2.33. The van der Waals surface area contributed by atoms with Crippen LogP contribution in [0.3, 0.4) is 0 Å². The van der Waals surface area contributed by atoms with E-state index in [9.17, 15) is 4.79 Å². The smallest absolute Gasteiger partial charge is 0.248 e. The van der Waals surface area contributed by atoms with Gasteiger partial charge in [0.2, 0.25) is 12.1 Å². The van der Waals surface area contributed by atoms with Crippen LogP contribution in [0.4, 0.5) is 0 Å². The highest BCUT2D eigenvalue weighted by Gasteiger charge is 2.13. The van der Waals surface area contributed by atoms with Gasteiger partial charge in [-0.2, -0.15) is 0 Å². The lowest BCUT2D eigenvalue weighted by molar-refractivity contribution is -0.682. The average Bonchev–Trinajstić information content (AvgIpc) is 2.94. The number of carbonyl (C=O) groups is 1. The van der Waals surface area contributed by atoms with E-state index < -0.39 is 0 Å². The lowest BCUT2D eigenvalue weighted by atomic mass is 10.0. The zero-order valence-corrected chi connectivity index (χ0v) is 11.1. The number of ketones is 1. The summed E-state index contributed by atoms with van der Waals surface area (Å²) in [6.45, 7) is 4.02. The second-order valence-corrected chi connectivity index (χ2v) is 4.67. The number of Topliss-reactive ketones (excluding diaryl/α,β-unsaturated/α-hetero) is 1. The van der Waals surface area contributed by atoms with Crippen molar-refractivity contribution in [3.05, 3.63) is 73.3 Å². The van der Waals surface area contributed by atoms with Crippen molar-refractivity contribution in [3.63, 3.8) is 0 Å². The van der Waals surface area contributed by atoms with Crippen LogP contribution in [-0.2, 0) is 6.54 Å². The van der Waals surface area contributed by atoms with E-state index in [1.54, 1.807) is 6.20 Å². The van der Waals surface area contributed by atoms with Crippen molar-refractivity contribution >= 4 is 22.8 Å². The second kappa shape index (κ2) is 5.13. The Morgan fingerprint density at radius 1 is 1.20 bits per heavy atom. The summed E-state index contributed by atoms with van der Waals surface area (Å²) >= 11 is 0. The lowest BCUT2D eigenvalue weighted by Crippen LogP contribution is -2.35. The van der Waals surface area contributed by atoms with E-state index in [2.05, 4.69) is 6.58 Å². The predicted molar refractivity (Wildman–Crippen MR) is 79.3 cm³/mol. The highest BCUT2D eigenvalue weighted by molar-refractivity contribution is 6.07. The van der Waals surface area contributed by atoms with Gasteiger partial charge in [0.05, 0.1) is 6.20 Å². The predicted octanol–water partition coefficient (Wildman–Crippen LogP) is 2.91. The van der Waals surface area contributed by atoms with E-state index in [0.29, 0.717) is 6.54 Å². The van der Waals surface area contributed by atoms with E-state index in [-0.39, 0.29) is 5.78 Å². The number of carbonyl (C=O) groups excluding carboxylic acids is 1. The largest absolute Gasteiger partial charge is 0.290 e. The van der Waals surface area contributed by atoms with Crippen LogP contribution < -0.4 is 4.57 Å². The Balaban J connectivity index is 1.94. The molecule has 0 saturated heterocycles. The Morgan fingerprint density at radius 2 is 2.00 bits per heavy atom. The molecule has 0 amide bonds. The van der Waals surface area contributed by atoms with Crippen LogP contribution in [0.25, 0.3) is 17.0 Å².